The Hall–Kier alpha value is -3.15. The number of hydrogen-bond acceptors (Lipinski definition) is 3. The van der Waals surface area contributed by atoms with E-state index in [2.05, 4.69) is 17.5 Å². The van der Waals surface area contributed by atoms with Gasteiger partial charge in [-0.05, 0) is 48.9 Å². The average Bonchev–Trinajstić information content (AvgIpc) is 3.30. The summed E-state index contributed by atoms with van der Waals surface area (Å²) < 4.78 is 20.0. The number of amides is 2. The van der Waals surface area contributed by atoms with Gasteiger partial charge in [0.05, 0.1) is 6.54 Å². The fourth-order valence-corrected chi connectivity index (χ4v) is 4.78. The molecule has 1 heterocycles. The number of para-hydroxylation sites is 1. The summed E-state index contributed by atoms with van der Waals surface area (Å²) in [6.45, 7) is 1.17. The molecule has 0 radical (unpaired) electrons. The summed E-state index contributed by atoms with van der Waals surface area (Å²) in [6, 6.07) is 11.6. The first-order chi connectivity index (χ1) is 14.6. The Morgan fingerprint density at radius 1 is 1.10 bits per heavy atom. The van der Waals surface area contributed by atoms with Crippen molar-refractivity contribution in [3.8, 4) is 5.75 Å². The lowest BCUT2D eigenvalue weighted by Gasteiger charge is -2.21. The number of benzene rings is 2. The molecule has 2 aliphatic carbocycles. The predicted molar refractivity (Wildman–Crippen MR) is 111 cm³/mol. The van der Waals surface area contributed by atoms with Crippen LogP contribution in [0.1, 0.15) is 28.8 Å². The van der Waals surface area contributed by atoms with Gasteiger partial charge in [-0.2, -0.15) is 0 Å². The number of hydrogen-bond donors (Lipinski definition) is 1. The Balaban J connectivity index is 1.33. The number of nitrogens with zero attached hydrogens (tertiary/aromatic N) is 1. The van der Waals surface area contributed by atoms with Gasteiger partial charge in [0.25, 0.3) is 5.91 Å². The molecule has 6 heteroatoms. The Morgan fingerprint density at radius 2 is 1.97 bits per heavy atom. The average molecular weight is 406 g/mol. The summed E-state index contributed by atoms with van der Waals surface area (Å²) >= 11 is 0. The van der Waals surface area contributed by atoms with E-state index in [4.69, 9.17) is 4.74 Å². The molecule has 0 unspecified atom stereocenters. The van der Waals surface area contributed by atoms with Gasteiger partial charge in [0.2, 0.25) is 5.91 Å². The molecule has 30 heavy (non-hydrogen) atoms. The van der Waals surface area contributed by atoms with Gasteiger partial charge in [-0.25, -0.2) is 4.39 Å². The van der Waals surface area contributed by atoms with Crippen LogP contribution < -0.4 is 10.1 Å². The summed E-state index contributed by atoms with van der Waals surface area (Å²) in [7, 11) is 0. The SMILES string of the molecule is O=C(Nc1cc(F)cc(C(=O)N2CCOc3ccccc3C2)c1)[C@@H]1C[C@@H]2C=C[C@H]1C2. The number of carbonyl (C=O) groups is 2. The number of allylic oxidation sites excluding steroid dienone is 2. The van der Waals surface area contributed by atoms with Crippen LogP contribution in [-0.4, -0.2) is 29.9 Å². The molecule has 3 atom stereocenters. The molecule has 2 aromatic carbocycles. The second-order valence-corrected chi connectivity index (χ2v) is 8.29. The highest BCUT2D eigenvalue weighted by Crippen LogP contribution is 2.43. The molecular weight excluding hydrogens is 383 g/mol. The maximum atomic E-state index is 14.3. The molecule has 2 bridgehead atoms. The molecule has 5 nitrogen and oxygen atoms in total. The Labute approximate surface area is 174 Å². The van der Waals surface area contributed by atoms with E-state index in [-0.39, 0.29) is 29.2 Å². The van der Waals surface area contributed by atoms with Crippen LogP contribution >= 0.6 is 0 Å². The van der Waals surface area contributed by atoms with Gasteiger partial charge < -0.3 is 15.0 Å². The van der Waals surface area contributed by atoms with E-state index < -0.39 is 5.82 Å². The Bertz CT molecular complexity index is 1030. The van der Waals surface area contributed by atoms with Crippen LogP contribution in [0.5, 0.6) is 5.75 Å². The van der Waals surface area contributed by atoms with Crippen LogP contribution in [-0.2, 0) is 11.3 Å². The second kappa shape index (κ2) is 7.59. The third-order valence-corrected chi connectivity index (χ3v) is 6.27. The molecule has 1 saturated carbocycles. The Morgan fingerprint density at radius 3 is 2.77 bits per heavy atom. The first kappa shape index (κ1) is 18.9. The second-order valence-electron chi connectivity index (χ2n) is 8.29. The van der Waals surface area contributed by atoms with E-state index in [0.29, 0.717) is 31.3 Å². The van der Waals surface area contributed by atoms with Crippen molar-refractivity contribution >= 4 is 17.5 Å². The van der Waals surface area contributed by atoms with Crippen LogP contribution in [0.3, 0.4) is 0 Å². The molecule has 1 N–H and O–H groups in total. The third-order valence-electron chi connectivity index (χ3n) is 6.27. The van der Waals surface area contributed by atoms with Crippen molar-refractivity contribution in [2.24, 2.45) is 17.8 Å². The zero-order valence-electron chi connectivity index (χ0n) is 16.5. The van der Waals surface area contributed by atoms with Crippen LogP contribution in [0.25, 0.3) is 0 Å². The van der Waals surface area contributed by atoms with Gasteiger partial charge in [0.1, 0.15) is 18.2 Å². The third kappa shape index (κ3) is 3.58. The van der Waals surface area contributed by atoms with Gasteiger partial charge >= 0.3 is 0 Å². The fraction of sp³-hybridized carbons (Fsp3) is 0.333. The van der Waals surface area contributed by atoms with Crippen molar-refractivity contribution in [3.63, 3.8) is 0 Å². The molecule has 0 spiro atoms. The molecular formula is C24H23FN2O3. The van der Waals surface area contributed by atoms with E-state index in [0.717, 1.165) is 24.2 Å². The van der Waals surface area contributed by atoms with E-state index in [1.54, 1.807) is 11.0 Å². The first-order valence-corrected chi connectivity index (χ1v) is 10.4. The van der Waals surface area contributed by atoms with Gasteiger partial charge in [-0.3, -0.25) is 9.59 Å². The maximum Gasteiger partial charge on any atom is 0.254 e. The standard InChI is InChI=1S/C24H23FN2O3/c25-19-11-18(24(29)27-7-8-30-22-4-2-1-3-17(22)14-27)12-20(13-19)26-23(28)21-10-15-5-6-16(21)9-15/h1-6,11-13,15-16,21H,7-10,14H2,(H,26,28)/t15-,16+,21-/m1/s1. The Kier molecular flexibility index (Phi) is 4.77. The lowest BCUT2D eigenvalue weighted by Crippen LogP contribution is -2.32. The minimum atomic E-state index is -0.546. The summed E-state index contributed by atoms with van der Waals surface area (Å²) in [4.78, 5) is 27.4. The van der Waals surface area contributed by atoms with Crippen LogP contribution in [0, 0.1) is 23.6 Å². The quantitative estimate of drug-likeness (QED) is 0.784. The number of carbonyl (C=O) groups excluding carboxylic acids is 2. The van der Waals surface area contributed by atoms with E-state index in [1.165, 1.54) is 12.1 Å². The van der Waals surface area contributed by atoms with E-state index in [9.17, 15) is 14.0 Å². The van der Waals surface area contributed by atoms with E-state index in [1.807, 2.05) is 24.3 Å². The van der Waals surface area contributed by atoms with Gasteiger partial charge in [-0.1, -0.05) is 30.4 Å². The smallest absolute Gasteiger partial charge is 0.254 e. The highest BCUT2D eigenvalue weighted by Gasteiger charge is 2.39. The molecule has 2 amide bonds. The van der Waals surface area contributed by atoms with E-state index >= 15 is 0 Å². The molecule has 1 aliphatic heterocycles. The fourth-order valence-electron chi connectivity index (χ4n) is 4.78. The van der Waals surface area contributed by atoms with Crippen molar-refractivity contribution in [2.45, 2.75) is 19.4 Å². The van der Waals surface area contributed by atoms with Gasteiger partial charge in [0, 0.05) is 29.3 Å². The van der Waals surface area contributed by atoms with Crippen LogP contribution in [0.15, 0.2) is 54.6 Å². The van der Waals surface area contributed by atoms with Gasteiger partial charge in [0.15, 0.2) is 0 Å². The summed E-state index contributed by atoms with van der Waals surface area (Å²) in [6.07, 6.45) is 6.14. The summed E-state index contributed by atoms with van der Waals surface area (Å²) in [5.41, 5.74) is 1.46. The number of fused-ring (bicyclic) bond motifs is 3. The predicted octanol–water partition coefficient (Wildman–Crippen LogP) is 4.01. The molecule has 154 valence electrons. The lowest BCUT2D eigenvalue weighted by atomic mass is 9.93. The normalized spacial score (nSPS) is 24.2. The van der Waals surface area contributed by atoms with Crippen LogP contribution in [0.2, 0.25) is 0 Å². The molecule has 0 aromatic heterocycles. The molecule has 0 saturated heterocycles. The summed E-state index contributed by atoms with van der Waals surface area (Å²) in [5, 5.41) is 2.83. The van der Waals surface area contributed by atoms with Crippen molar-refractivity contribution in [1.29, 1.82) is 0 Å². The zero-order valence-corrected chi connectivity index (χ0v) is 16.5. The zero-order chi connectivity index (χ0) is 20.7. The molecule has 2 aromatic rings. The minimum absolute atomic E-state index is 0.0818. The summed E-state index contributed by atoms with van der Waals surface area (Å²) in [5.74, 6) is 0.489. The first-order valence-electron chi connectivity index (χ1n) is 10.4. The number of nitrogens with one attached hydrogen (secondary N) is 1. The van der Waals surface area contributed by atoms with Gasteiger partial charge in [-0.15, -0.1) is 0 Å². The number of rotatable bonds is 3. The highest BCUT2D eigenvalue weighted by molar-refractivity contribution is 5.98. The molecule has 1 fully saturated rings. The van der Waals surface area contributed by atoms with Crippen molar-refractivity contribution < 1.29 is 18.7 Å². The van der Waals surface area contributed by atoms with Crippen molar-refractivity contribution in [2.75, 3.05) is 18.5 Å². The monoisotopic (exact) mass is 406 g/mol. The van der Waals surface area contributed by atoms with Crippen molar-refractivity contribution in [3.05, 3.63) is 71.6 Å². The van der Waals surface area contributed by atoms with Crippen molar-refractivity contribution in [1.82, 2.24) is 4.90 Å². The number of ether oxygens (including phenoxy) is 1. The largest absolute Gasteiger partial charge is 0.491 e. The lowest BCUT2D eigenvalue weighted by molar-refractivity contribution is -0.120. The molecule has 5 rings (SSSR count). The minimum Gasteiger partial charge on any atom is -0.491 e. The number of halogens is 1. The molecule has 3 aliphatic rings. The number of anilines is 1. The van der Waals surface area contributed by atoms with Crippen LogP contribution in [0.4, 0.5) is 10.1 Å². The maximum absolute atomic E-state index is 14.3. The topological polar surface area (TPSA) is 58.6 Å². The highest BCUT2D eigenvalue weighted by atomic mass is 19.1.